The van der Waals surface area contributed by atoms with Crippen LogP contribution in [0.5, 0.6) is 0 Å². The van der Waals surface area contributed by atoms with E-state index in [2.05, 4.69) is 15.6 Å². The van der Waals surface area contributed by atoms with Gasteiger partial charge in [-0.05, 0) is 44.0 Å². The molecule has 3 rings (SSSR count). The lowest BCUT2D eigenvalue weighted by atomic mass is 10.0. The molecule has 0 radical (unpaired) electrons. The largest absolute Gasteiger partial charge is 0.359 e. The molecule has 1 fully saturated rings. The van der Waals surface area contributed by atoms with Gasteiger partial charge in [0.05, 0.1) is 17.3 Å². The van der Waals surface area contributed by atoms with Crippen molar-refractivity contribution in [3.63, 3.8) is 0 Å². The standard InChI is InChI=1S/C20H23ClN4O3/c1-4-14-18(12(3)26)11(2)23-19(14)20(28)24-13-5-6-16(15(21)9-13)25-8-7-22-17(27)10-25/h5-6,9,23H,4,7-8,10H2,1-3H3,(H,22,27)(H,24,28). The van der Waals surface area contributed by atoms with Gasteiger partial charge in [0.15, 0.2) is 5.78 Å². The van der Waals surface area contributed by atoms with Crippen molar-refractivity contribution < 1.29 is 14.4 Å². The Labute approximate surface area is 168 Å². The van der Waals surface area contributed by atoms with E-state index < -0.39 is 0 Å². The van der Waals surface area contributed by atoms with Gasteiger partial charge < -0.3 is 20.5 Å². The second-order valence-electron chi connectivity index (χ2n) is 6.78. The van der Waals surface area contributed by atoms with Crippen molar-refractivity contribution in [1.82, 2.24) is 10.3 Å². The molecule has 0 unspecified atom stereocenters. The fourth-order valence-corrected chi connectivity index (χ4v) is 3.88. The molecular weight excluding hydrogens is 380 g/mol. The van der Waals surface area contributed by atoms with Crippen LogP contribution in [0.1, 0.15) is 46.0 Å². The van der Waals surface area contributed by atoms with E-state index in [4.69, 9.17) is 11.6 Å². The van der Waals surface area contributed by atoms with E-state index in [1.807, 2.05) is 11.8 Å². The number of ketones is 1. The number of carbonyl (C=O) groups is 3. The number of piperazine rings is 1. The Balaban J connectivity index is 1.82. The highest BCUT2D eigenvalue weighted by atomic mass is 35.5. The van der Waals surface area contributed by atoms with E-state index >= 15 is 0 Å². The molecule has 0 atom stereocenters. The summed E-state index contributed by atoms with van der Waals surface area (Å²) in [6.07, 6.45) is 0.568. The van der Waals surface area contributed by atoms with Crippen LogP contribution in [0.15, 0.2) is 18.2 Å². The van der Waals surface area contributed by atoms with E-state index in [0.717, 1.165) is 5.69 Å². The van der Waals surface area contributed by atoms with Crippen molar-refractivity contribution >= 4 is 40.6 Å². The summed E-state index contributed by atoms with van der Waals surface area (Å²) in [6.45, 7) is 6.68. The van der Waals surface area contributed by atoms with Gasteiger partial charge in [-0.2, -0.15) is 0 Å². The summed E-state index contributed by atoms with van der Waals surface area (Å²) in [7, 11) is 0. The van der Waals surface area contributed by atoms with Crippen LogP contribution in [0.25, 0.3) is 0 Å². The molecule has 1 saturated heterocycles. The maximum Gasteiger partial charge on any atom is 0.272 e. The molecule has 3 N–H and O–H groups in total. The number of nitrogens with zero attached hydrogens (tertiary/aromatic N) is 1. The van der Waals surface area contributed by atoms with Crippen LogP contribution in [0.4, 0.5) is 11.4 Å². The Kier molecular flexibility index (Phi) is 5.74. The van der Waals surface area contributed by atoms with E-state index in [1.165, 1.54) is 6.92 Å². The average Bonchev–Trinajstić information content (AvgIpc) is 2.98. The molecule has 2 heterocycles. The summed E-state index contributed by atoms with van der Waals surface area (Å²) in [6, 6.07) is 5.20. The Morgan fingerprint density at radius 1 is 1.32 bits per heavy atom. The molecule has 2 amide bonds. The molecule has 1 aliphatic heterocycles. The molecule has 1 aromatic heterocycles. The van der Waals surface area contributed by atoms with Crippen molar-refractivity contribution in [3.8, 4) is 0 Å². The Morgan fingerprint density at radius 2 is 2.07 bits per heavy atom. The number of aromatic nitrogens is 1. The number of aryl methyl sites for hydroxylation is 1. The number of carbonyl (C=O) groups excluding carboxylic acids is 3. The lowest BCUT2D eigenvalue weighted by Crippen LogP contribution is -2.47. The first-order valence-corrected chi connectivity index (χ1v) is 9.54. The number of Topliss-reactive ketones (excluding diaryl/α,β-unsaturated/α-hetero) is 1. The first-order chi connectivity index (χ1) is 13.3. The molecular formula is C20H23ClN4O3. The quantitative estimate of drug-likeness (QED) is 0.670. The molecule has 7 nitrogen and oxygen atoms in total. The molecule has 0 bridgehead atoms. The maximum atomic E-state index is 12.8. The zero-order valence-electron chi connectivity index (χ0n) is 16.1. The van der Waals surface area contributed by atoms with Crippen molar-refractivity contribution in [3.05, 3.63) is 45.7 Å². The predicted molar refractivity (Wildman–Crippen MR) is 110 cm³/mol. The minimum absolute atomic E-state index is 0.0461. The monoisotopic (exact) mass is 402 g/mol. The average molecular weight is 403 g/mol. The van der Waals surface area contributed by atoms with Crippen LogP contribution in [0.3, 0.4) is 0 Å². The lowest BCUT2D eigenvalue weighted by molar-refractivity contribution is -0.120. The number of nitrogens with one attached hydrogen (secondary N) is 3. The molecule has 1 aromatic carbocycles. The number of hydrogen-bond donors (Lipinski definition) is 3. The van der Waals surface area contributed by atoms with Gasteiger partial charge in [-0.1, -0.05) is 18.5 Å². The summed E-state index contributed by atoms with van der Waals surface area (Å²) >= 11 is 6.39. The van der Waals surface area contributed by atoms with Crippen LogP contribution in [0.2, 0.25) is 5.02 Å². The van der Waals surface area contributed by atoms with Gasteiger partial charge in [-0.25, -0.2) is 0 Å². The lowest BCUT2D eigenvalue weighted by Gasteiger charge is -2.29. The third-order valence-corrected chi connectivity index (χ3v) is 5.11. The zero-order chi connectivity index (χ0) is 20.4. The highest BCUT2D eigenvalue weighted by Crippen LogP contribution is 2.30. The van der Waals surface area contributed by atoms with Crippen LogP contribution in [-0.4, -0.2) is 42.2 Å². The summed E-state index contributed by atoms with van der Waals surface area (Å²) in [5.74, 6) is -0.439. The summed E-state index contributed by atoms with van der Waals surface area (Å²) in [5, 5.41) is 6.06. The highest BCUT2D eigenvalue weighted by Gasteiger charge is 2.22. The van der Waals surface area contributed by atoms with E-state index in [0.29, 0.717) is 52.7 Å². The topological polar surface area (TPSA) is 94.3 Å². The van der Waals surface area contributed by atoms with Gasteiger partial charge in [0.2, 0.25) is 5.91 Å². The van der Waals surface area contributed by atoms with E-state index in [9.17, 15) is 14.4 Å². The molecule has 0 aliphatic carbocycles. The van der Waals surface area contributed by atoms with Gasteiger partial charge in [-0.3, -0.25) is 14.4 Å². The van der Waals surface area contributed by atoms with Gasteiger partial charge >= 0.3 is 0 Å². The fraction of sp³-hybridized carbons (Fsp3) is 0.350. The molecule has 0 spiro atoms. The smallest absolute Gasteiger partial charge is 0.272 e. The number of aromatic amines is 1. The number of benzene rings is 1. The SMILES string of the molecule is CCc1c(C(=O)Nc2ccc(N3CCNC(=O)C3)c(Cl)c2)[nH]c(C)c1C(C)=O. The fourth-order valence-electron chi connectivity index (χ4n) is 3.58. The predicted octanol–water partition coefficient (Wildman–Crippen LogP) is 2.93. The third kappa shape index (κ3) is 3.89. The van der Waals surface area contributed by atoms with Crippen LogP contribution in [-0.2, 0) is 11.2 Å². The van der Waals surface area contributed by atoms with Gasteiger partial charge in [0.1, 0.15) is 5.69 Å². The summed E-state index contributed by atoms with van der Waals surface area (Å²) in [4.78, 5) is 41.2. The normalized spacial score (nSPS) is 14.0. The number of rotatable bonds is 5. The van der Waals surface area contributed by atoms with Crippen LogP contribution >= 0.6 is 11.6 Å². The second-order valence-corrected chi connectivity index (χ2v) is 7.19. The Bertz CT molecular complexity index is 951. The minimum atomic E-state index is -0.325. The van der Waals surface area contributed by atoms with Crippen LogP contribution in [0, 0.1) is 6.92 Å². The summed E-state index contributed by atoms with van der Waals surface area (Å²) in [5.41, 5.74) is 3.65. The van der Waals surface area contributed by atoms with Crippen molar-refractivity contribution in [1.29, 1.82) is 0 Å². The molecule has 2 aromatic rings. The Hall–Kier alpha value is -2.80. The number of hydrogen-bond acceptors (Lipinski definition) is 4. The first kappa shape index (κ1) is 19.9. The molecule has 28 heavy (non-hydrogen) atoms. The number of amides is 2. The summed E-state index contributed by atoms with van der Waals surface area (Å²) < 4.78 is 0. The molecule has 8 heteroatoms. The zero-order valence-corrected chi connectivity index (χ0v) is 16.9. The number of anilines is 2. The van der Waals surface area contributed by atoms with Gasteiger partial charge in [0, 0.05) is 30.0 Å². The molecule has 148 valence electrons. The second kappa shape index (κ2) is 8.06. The Morgan fingerprint density at radius 3 is 2.68 bits per heavy atom. The number of halogens is 1. The van der Waals surface area contributed by atoms with Crippen molar-refractivity contribution in [2.75, 3.05) is 29.9 Å². The first-order valence-electron chi connectivity index (χ1n) is 9.16. The number of H-pyrrole nitrogens is 1. The maximum absolute atomic E-state index is 12.8. The van der Waals surface area contributed by atoms with E-state index in [-0.39, 0.29) is 24.1 Å². The van der Waals surface area contributed by atoms with Crippen molar-refractivity contribution in [2.45, 2.75) is 27.2 Å². The van der Waals surface area contributed by atoms with Gasteiger partial charge in [0.25, 0.3) is 5.91 Å². The van der Waals surface area contributed by atoms with E-state index in [1.54, 1.807) is 25.1 Å². The third-order valence-electron chi connectivity index (χ3n) is 4.81. The van der Waals surface area contributed by atoms with Gasteiger partial charge in [-0.15, -0.1) is 0 Å². The van der Waals surface area contributed by atoms with Crippen LogP contribution < -0.4 is 15.5 Å². The van der Waals surface area contributed by atoms with Crippen molar-refractivity contribution in [2.24, 2.45) is 0 Å². The molecule has 1 aliphatic rings. The molecule has 0 saturated carbocycles. The minimum Gasteiger partial charge on any atom is -0.359 e. The highest BCUT2D eigenvalue weighted by molar-refractivity contribution is 6.33.